The van der Waals surface area contributed by atoms with Crippen molar-refractivity contribution in [1.82, 2.24) is 0 Å². The lowest BCUT2D eigenvalue weighted by Crippen LogP contribution is -2.12. The van der Waals surface area contributed by atoms with Crippen LogP contribution in [0.1, 0.15) is 55.4 Å². The van der Waals surface area contributed by atoms with E-state index in [1.54, 1.807) is 26.0 Å². The molecule has 41 heavy (non-hydrogen) atoms. The quantitative estimate of drug-likeness (QED) is 0.158. The van der Waals surface area contributed by atoms with Crippen LogP contribution in [0, 0.1) is 30.6 Å². The van der Waals surface area contributed by atoms with Gasteiger partial charge in [-0.25, -0.2) is 9.59 Å². The lowest BCUT2D eigenvalue weighted by molar-refractivity contribution is -0.140. The largest absolute Gasteiger partial charge is 0.493 e. The van der Waals surface area contributed by atoms with Crippen LogP contribution < -0.4 is 18.9 Å². The van der Waals surface area contributed by atoms with Gasteiger partial charge in [-0.05, 0) is 44.4 Å². The highest BCUT2D eigenvalue weighted by Crippen LogP contribution is 2.31. The van der Waals surface area contributed by atoms with Crippen LogP contribution in [0.4, 0.5) is 0 Å². The Hall–Kier alpha value is -4.39. The van der Waals surface area contributed by atoms with E-state index >= 15 is 0 Å². The maximum absolute atomic E-state index is 11.2. The predicted octanol–water partition coefficient (Wildman–Crippen LogP) is 3.53. The van der Waals surface area contributed by atoms with Gasteiger partial charge in [0.2, 0.25) is 0 Å². The van der Waals surface area contributed by atoms with Gasteiger partial charge >= 0.3 is 11.9 Å². The second kappa shape index (κ2) is 16.0. The maximum Gasteiger partial charge on any atom is 0.341 e. The van der Waals surface area contributed by atoms with E-state index in [1.807, 2.05) is 6.92 Å². The summed E-state index contributed by atoms with van der Waals surface area (Å²) >= 11 is 0. The van der Waals surface area contributed by atoms with Crippen molar-refractivity contribution < 1.29 is 51.7 Å². The molecule has 3 N–H and O–H groups in total. The first kappa shape index (κ1) is 32.8. The average molecular weight is 589 g/mol. The van der Waals surface area contributed by atoms with Crippen molar-refractivity contribution in [3.63, 3.8) is 0 Å². The molecule has 0 aliphatic heterocycles. The number of hydrogen-bond acceptors (Lipinski definition) is 8. The molecule has 0 amide bonds. The molecule has 0 heterocycles. The number of carboxylic acids is 2. The SMILES string of the molecule is CC#Cc1cc(OCC(=O)O)c(C#Cc2cc(OCCCS(=O)(=O)O)c(C)cc2OCCCC)cc1OCC(=O)O. The molecule has 2 rings (SSSR count). The third-order valence-corrected chi connectivity index (χ3v) is 6.02. The zero-order valence-electron chi connectivity index (χ0n) is 23.0. The predicted molar refractivity (Wildman–Crippen MR) is 149 cm³/mol. The molecular weight excluding hydrogens is 556 g/mol. The van der Waals surface area contributed by atoms with Gasteiger partial charge in [-0.15, -0.1) is 5.92 Å². The highest BCUT2D eigenvalue weighted by molar-refractivity contribution is 7.85. The van der Waals surface area contributed by atoms with Gasteiger partial charge in [0.15, 0.2) is 13.2 Å². The van der Waals surface area contributed by atoms with E-state index in [4.69, 9.17) is 33.7 Å². The number of rotatable bonds is 15. The van der Waals surface area contributed by atoms with Crippen LogP contribution in [-0.4, -0.2) is 67.3 Å². The molecule has 0 bridgehead atoms. The Morgan fingerprint density at radius 3 is 1.71 bits per heavy atom. The molecule has 0 fully saturated rings. The summed E-state index contributed by atoms with van der Waals surface area (Å²) < 4.78 is 53.4. The minimum atomic E-state index is -4.11. The van der Waals surface area contributed by atoms with Crippen LogP contribution in [0.3, 0.4) is 0 Å². The summed E-state index contributed by atoms with van der Waals surface area (Å²) in [7, 11) is -4.11. The van der Waals surface area contributed by atoms with Gasteiger partial charge in [0, 0.05) is 12.1 Å². The van der Waals surface area contributed by atoms with Crippen LogP contribution in [0.15, 0.2) is 24.3 Å². The molecule has 11 nitrogen and oxygen atoms in total. The standard InChI is InChI=1S/C29H32O11S/c1-4-6-11-38-25-14-20(3)24(37-12-7-13-41(34,35)36)15-22(25)9-10-23-17-26(39-18-28(30)31)21(8-5-2)16-27(23)40-19-29(32)33/h14-17H,4,6-7,11-13,18-19H2,1-3H3,(H,30,31)(H,32,33)(H,34,35,36). The molecule has 2 aromatic carbocycles. The first-order valence-corrected chi connectivity index (χ1v) is 14.2. The van der Waals surface area contributed by atoms with E-state index in [9.17, 15) is 18.0 Å². The highest BCUT2D eigenvalue weighted by atomic mass is 32.2. The number of carboxylic acid groups (broad SMARTS) is 2. The Bertz CT molecular complexity index is 1470. The van der Waals surface area contributed by atoms with E-state index in [1.165, 1.54) is 12.1 Å². The summed E-state index contributed by atoms with van der Waals surface area (Å²) in [6.45, 7) is 4.57. The van der Waals surface area contributed by atoms with E-state index in [0.717, 1.165) is 12.8 Å². The van der Waals surface area contributed by atoms with Crippen LogP contribution in [-0.2, 0) is 19.7 Å². The molecule has 0 aliphatic rings. The number of aliphatic carboxylic acids is 2. The number of unbranched alkanes of at least 4 members (excludes halogenated alkanes) is 1. The van der Waals surface area contributed by atoms with Gasteiger partial charge in [0.05, 0.1) is 35.7 Å². The molecule has 220 valence electrons. The molecule has 0 spiro atoms. The molecule has 0 aliphatic carbocycles. The maximum atomic E-state index is 11.2. The van der Waals surface area contributed by atoms with E-state index in [-0.39, 0.29) is 30.1 Å². The number of benzene rings is 2. The topological polar surface area (TPSA) is 166 Å². The van der Waals surface area contributed by atoms with Crippen LogP contribution in [0.2, 0.25) is 0 Å². The van der Waals surface area contributed by atoms with E-state index in [0.29, 0.717) is 34.8 Å². The monoisotopic (exact) mass is 588 g/mol. The van der Waals surface area contributed by atoms with Gasteiger partial charge in [-0.2, -0.15) is 8.42 Å². The Balaban J connectivity index is 2.57. The molecule has 0 atom stereocenters. The Morgan fingerprint density at radius 2 is 1.22 bits per heavy atom. The van der Waals surface area contributed by atoms with Gasteiger partial charge in [-0.1, -0.05) is 31.1 Å². The lowest BCUT2D eigenvalue weighted by atomic mass is 10.1. The summed E-state index contributed by atoms with van der Waals surface area (Å²) in [6, 6.07) is 6.22. The normalized spacial score (nSPS) is 10.4. The second-order valence-electron chi connectivity index (χ2n) is 8.64. The van der Waals surface area contributed by atoms with Gasteiger partial charge in [0.25, 0.3) is 10.1 Å². The number of aryl methyl sites for hydroxylation is 1. The molecule has 0 aromatic heterocycles. The molecule has 0 saturated carbocycles. The molecule has 2 aromatic rings. The molecular formula is C29H32O11S. The fourth-order valence-corrected chi connectivity index (χ4v) is 3.81. The zero-order valence-corrected chi connectivity index (χ0v) is 23.8. The van der Waals surface area contributed by atoms with Crippen LogP contribution in [0.5, 0.6) is 23.0 Å². The highest BCUT2D eigenvalue weighted by Gasteiger charge is 2.14. The van der Waals surface area contributed by atoms with Crippen molar-refractivity contribution in [1.29, 1.82) is 0 Å². The first-order chi connectivity index (χ1) is 19.4. The van der Waals surface area contributed by atoms with Crippen molar-refractivity contribution in [3.8, 4) is 46.7 Å². The molecule has 0 unspecified atom stereocenters. The number of carbonyl (C=O) groups is 2. The van der Waals surface area contributed by atoms with Gasteiger partial charge in [0.1, 0.15) is 23.0 Å². The first-order valence-electron chi connectivity index (χ1n) is 12.6. The van der Waals surface area contributed by atoms with Gasteiger partial charge in [-0.3, -0.25) is 4.55 Å². The summed E-state index contributed by atoms with van der Waals surface area (Å²) in [5.74, 6) is 9.65. The van der Waals surface area contributed by atoms with Gasteiger partial charge < -0.3 is 29.2 Å². The average Bonchev–Trinajstić information content (AvgIpc) is 2.89. The Kier molecular flexibility index (Phi) is 12.8. The molecule has 0 saturated heterocycles. The minimum Gasteiger partial charge on any atom is -0.493 e. The Labute approximate surface area is 239 Å². The van der Waals surface area contributed by atoms with Crippen molar-refractivity contribution in [2.45, 2.75) is 40.0 Å². The Morgan fingerprint density at radius 1 is 0.756 bits per heavy atom. The van der Waals surface area contributed by atoms with Crippen molar-refractivity contribution in [3.05, 3.63) is 46.5 Å². The van der Waals surface area contributed by atoms with Crippen LogP contribution in [0.25, 0.3) is 0 Å². The smallest absolute Gasteiger partial charge is 0.341 e. The van der Waals surface area contributed by atoms with Crippen molar-refractivity contribution in [2.75, 3.05) is 32.2 Å². The summed E-state index contributed by atoms with van der Waals surface area (Å²) in [6.07, 6.45) is 1.78. The van der Waals surface area contributed by atoms with Crippen molar-refractivity contribution in [2.24, 2.45) is 0 Å². The minimum absolute atomic E-state index is 0.0287. The van der Waals surface area contributed by atoms with Crippen LogP contribution >= 0.6 is 0 Å². The zero-order chi connectivity index (χ0) is 30.4. The number of ether oxygens (including phenoxy) is 4. The summed E-state index contributed by atoms with van der Waals surface area (Å²) in [4.78, 5) is 22.2. The number of hydrogen-bond donors (Lipinski definition) is 3. The van der Waals surface area contributed by atoms with E-state index < -0.39 is 41.0 Å². The summed E-state index contributed by atoms with van der Waals surface area (Å²) in [5.41, 5.74) is 1.64. The lowest BCUT2D eigenvalue weighted by Gasteiger charge is -2.14. The third kappa shape index (κ3) is 11.7. The molecule has 0 radical (unpaired) electrons. The fourth-order valence-electron chi connectivity index (χ4n) is 3.33. The second-order valence-corrected chi connectivity index (χ2v) is 10.2. The third-order valence-electron chi connectivity index (χ3n) is 5.21. The fraction of sp³-hybridized carbons (Fsp3) is 0.379. The van der Waals surface area contributed by atoms with Crippen molar-refractivity contribution >= 4 is 22.1 Å². The molecule has 12 heteroatoms. The van der Waals surface area contributed by atoms with E-state index in [2.05, 4.69) is 23.7 Å². The summed E-state index contributed by atoms with van der Waals surface area (Å²) in [5, 5.41) is 18.2.